The summed E-state index contributed by atoms with van der Waals surface area (Å²) in [5, 5.41) is 2.70. The Morgan fingerprint density at radius 1 is 1.47 bits per heavy atom. The molecule has 0 spiro atoms. The number of carbonyl (C=O) groups is 1. The number of benzene rings is 1. The summed E-state index contributed by atoms with van der Waals surface area (Å²) >= 11 is 3.37. The van der Waals surface area contributed by atoms with Crippen LogP contribution in [0.1, 0.15) is 12.0 Å². The molecule has 0 fully saturated rings. The molecule has 0 radical (unpaired) electrons. The summed E-state index contributed by atoms with van der Waals surface area (Å²) in [6.45, 7) is 1.86. The van der Waals surface area contributed by atoms with E-state index in [2.05, 4.69) is 21.2 Å². The van der Waals surface area contributed by atoms with E-state index in [1.54, 1.807) is 12.1 Å². The van der Waals surface area contributed by atoms with Crippen LogP contribution >= 0.6 is 15.9 Å². The number of hydrogen-bond donors (Lipinski definition) is 2. The third-order valence-electron chi connectivity index (χ3n) is 2.66. The number of anilines is 1. The molecular formula is C12H17BrN2O3S. The molecule has 106 valence electrons. The van der Waals surface area contributed by atoms with Gasteiger partial charge in [-0.2, -0.15) is 0 Å². The highest BCUT2D eigenvalue weighted by Crippen LogP contribution is 2.23. The number of nitrogens with one attached hydrogen (secondary N) is 1. The van der Waals surface area contributed by atoms with Gasteiger partial charge in [-0.25, -0.2) is 8.42 Å². The highest BCUT2D eigenvalue weighted by atomic mass is 79.9. The molecule has 0 saturated carbocycles. The molecule has 0 aliphatic heterocycles. The Morgan fingerprint density at radius 2 is 2.11 bits per heavy atom. The molecule has 19 heavy (non-hydrogen) atoms. The van der Waals surface area contributed by atoms with E-state index in [4.69, 9.17) is 5.73 Å². The summed E-state index contributed by atoms with van der Waals surface area (Å²) in [5.41, 5.74) is 7.23. The van der Waals surface area contributed by atoms with E-state index >= 15 is 0 Å². The molecular weight excluding hydrogens is 332 g/mol. The number of nitrogens with two attached hydrogens (primary N) is 1. The van der Waals surface area contributed by atoms with Crippen molar-refractivity contribution in [1.29, 1.82) is 0 Å². The Kier molecular flexibility index (Phi) is 5.51. The Morgan fingerprint density at radius 3 is 2.68 bits per heavy atom. The Bertz CT molecular complexity index is 572. The minimum absolute atomic E-state index is 0.0982. The topological polar surface area (TPSA) is 89.3 Å². The summed E-state index contributed by atoms with van der Waals surface area (Å²) < 4.78 is 22.9. The molecule has 0 aliphatic rings. The Labute approximate surface area is 121 Å². The van der Waals surface area contributed by atoms with Crippen LogP contribution in [0, 0.1) is 6.92 Å². The molecule has 1 aromatic carbocycles. The second kappa shape index (κ2) is 6.49. The first-order valence-electron chi connectivity index (χ1n) is 5.70. The molecule has 3 N–H and O–H groups in total. The fourth-order valence-corrected chi connectivity index (χ4v) is 2.49. The minimum atomic E-state index is -3.11. The van der Waals surface area contributed by atoms with Crippen molar-refractivity contribution in [2.45, 2.75) is 19.4 Å². The van der Waals surface area contributed by atoms with Crippen molar-refractivity contribution in [1.82, 2.24) is 0 Å². The number of hydrogen-bond acceptors (Lipinski definition) is 4. The molecule has 0 aliphatic carbocycles. The number of carbonyl (C=O) groups excluding carboxylic acids is 1. The lowest BCUT2D eigenvalue weighted by atomic mass is 10.1. The van der Waals surface area contributed by atoms with Crippen molar-refractivity contribution in [2.24, 2.45) is 5.73 Å². The van der Waals surface area contributed by atoms with Gasteiger partial charge in [-0.3, -0.25) is 4.79 Å². The van der Waals surface area contributed by atoms with E-state index in [0.29, 0.717) is 5.69 Å². The highest BCUT2D eigenvalue weighted by molar-refractivity contribution is 9.10. The van der Waals surface area contributed by atoms with E-state index in [1.807, 2.05) is 13.0 Å². The van der Waals surface area contributed by atoms with Crippen LogP contribution in [-0.2, 0) is 14.6 Å². The van der Waals surface area contributed by atoms with E-state index < -0.39 is 15.9 Å². The van der Waals surface area contributed by atoms with E-state index in [9.17, 15) is 13.2 Å². The van der Waals surface area contributed by atoms with Gasteiger partial charge in [0.1, 0.15) is 9.84 Å². The summed E-state index contributed by atoms with van der Waals surface area (Å²) in [6.07, 6.45) is 1.23. The maximum absolute atomic E-state index is 11.8. The molecule has 0 heterocycles. The molecule has 0 saturated heterocycles. The zero-order chi connectivity index (χ0) is 14.6. The smallest absolute Gasteiger partial charge is 0.241 e. The third kappa shape index (κ3) is 5.30. The van der Waals surface area contributed by atoms with Gasteiger partial charge in [0, 0.05) is 16.4 Å². The standard InChI is InChI=1S/C12H17BrN2O3S/c1-8-9(13)4-3-5-11(8)15-12(16)10(14)6-7-19(2,17)18/h3-5,10H,6-7,14H2,1-2H3,(H,15,16). The number of rotatable bonds is 5. The summed E-state index contributed by atoms with van der Waals surface area (Å²) in [4.78, 5) is 11.8. The largest absolute Gasteiger partial charge is 0.324 e. The number of amides is 1. The van der Waals surface area contributed by atoms with Gasteiger partial charge in [0.05, 0.1) is 11.8 Å². The fourth-order valence-electron chi connectivity index (χ4n) is 1.44. The lowest BCUT2D eigenvalue weighted by Gasteiger charge is -2.14. The molecule has 5 nitrogen and oxygen atoms in total. The van der Waals surface area contributed by atoms with Crippen molar-refractivity contribution in [3.8, 4) is 0 Å². The molecule has 1 rings (SSSR count). The Hall–Kier alpha value is -0.920. The minimum Gasteiger partial charge on any atom is -0.324 e. The summed E-state index contributed by atoms with van der Waals surface area (Å²) in [5.74, 6) is -0.483. The van der Waals surface area contributed by atoms with E-state index in [0.717, 1.165) is 16.3 Å². The quantitative estimate of drug-likeness (QED) is 0.842. The van der Waals surface area contributed by atoms with Crippen molar-refractivity contribution >= 4 is 37.4 Å². The van der Waals surface area contributed by atoms with Crippen LogP contribution in [-0.4, -0.2) is 32.4 Å². The SMILES string of the molecule is Cc1c(Br)cccc1NC(=O)C(N)CCS(C)(=O)=O. The van der Waals surface area contributed by atoms with E-state index in [-0.39, 0.29) is 18.1 Å². The van der Waals surface area contributed by atoms with Gasteiger partial charge in [-0.05, 0) is 31.0 Å². The van der Waals surface area contributed by atoms with Crippen LogP contribution < -0.4 is 11.1 Å². The average molecular weight is 349 g/mol. The highest BCUT2D eigenvalue weighted by Gasteiger charge is 2.17. The van der Waals surface area contributed by atoms with Gasteiger partial charge in [0.25, 0.3) is 0 Å². The van der Waals surface area contributed by atoms with Crippen LogP contribution in [0.25, 0.3) is 0 Å². The van der Waals surface area contributed by atoms with Crippen LogP contribution in [0.3, 0.4) is 0 Å². The Balaban J connectivity index is 2.67. The predicted molar refractivity (Wildman–Crippen MR) is 79.8 cm³/mol. The number of halogens is 1. The van der Waals surface area contributed by atoms with Crippen LogP contribution in [0.15, 0.2) is 22.7 Å². The van der Waals surface area contributed by atoms with Gasteiger partial charge >= 0.3 is 0 Å². The summed E-state index contributed by atoms with van der Waals surface area (Å²) in [6, 6.07) is 4.60. The molecule has 0 bridgehead atoms. The third-order valence-corrected chi connectivity index (χ3v) is 4.50. The lowest BCUT2D eigenvalue weighted by Crippen LogP contribution is -2.37. The van der Waals surface area contributed by atoms with Gasteiger partial charge in [-0.1, -0.05) is 22.0 Å². The molecule has 1 amide bonds. The lowest BCUT2D eigenvalue weighted by molar-refractivity contribution is -0.117. The van der Waals surface area contributed by atoms with Crippen LogP contribution in [0.5, 0.6) is 0 Å². The second-order valence-corrected chi connectivity index (χ2v) is 7.54. The van der Waals surface area contributed by atoms with Gasteiger partial charge in [0.15, 0.2) is 0 Å². The zero-order valence-corrected chi connectivity index (χ0v) is 13.2. The van der Waals surface area contributed by atoms with Crippen LogP contribution in [0.2, 0.25) is 0 Å². The fraction of sp³-hybridized carbons (Fsp3) is 0.417. The zero-order valence-electron chi connectivity index (χ0n) is 10.8. The van der Waals surface area contributed by atoms with Crippen molar-refractivity contribution in [3.63, 3.8) is 0 Å². The first kappa shape index (κ1) is 16.1. The van der Waals surface area contributed by atoms with E-state index in [1.165, 1.54) is 0 Å². The molecule has 7 heteroatoms. The van der Waals surface area contributed by atoms with Gasteiger partial charge in [-0.15, -0.1) is 0 Å². The molecule has 0 aromatic heterocycles. The monoisotopic (exact) mass is 348 g/mol. The van der Waals surface area contributed by atoms with Crippen LogP contribution in [0.4, 0.5) is 5.69 Å². The molecule has 1 unspecified atom stereocenters. The maximum atomic E-state index is 11.8. The van der Waals surface area contributed by atoms with Gasteiger partial charge in [0.2, 0.25) is 5.91 Å². The van der Waals surface area contributed by atoms with Crippen molar-refractivity contribution in [3.05, 3.63) is 28.2 Å². The van der Waals surface area contributed by atoms with Gasteiger partial charge < -0.3 is 11.1 Å². The average Bonchev–Trinajstić information content (AvgIpc) is 2.31. The first-order chi connectivity index (χ1) is 8.70. The predicted octanol–water partition coefficient (Wildman–Crippen LogP) is 1.46. The van der Waals surface area contributed by atoms with Crippen molar-refractivity contribution < 1.29 is 13.2 Å². The molecule has 1 atom stereocenters. The molecule has 1 aromatic rings. The maximum Gasteiger partial charge on any atom is 0.241 e. The summed E-state index contributed by atoms with van der Waals surface area (Å²) in [7, 11) is -3.11. The first-order valence-corrected chi connectivity index (χ1v) is 8.55. The van der Waals surface area contributed by atoms with Crippen molar-refractivity contribution in [2.75, 3.05) is 17.3 Å². The number of sulfone groups is 1. The normalized spacial score (nSPS) is 13.1. The second-order valence-electron chi connectivity index (χ2n) is 4.43.